The van der Waals surface area contributed by atoms with Gasteiger partial charge in [0.25, 0.3) is 0 Å². The standard InChI is InChI=1S/C25H31N7O/c1-16(2)22-23(18-12-20(33-3)25-26-15-27-32(25)14-18)28-19-6-7-21(29-24(19)22)31-10-8-30(9-11-31)13-17-4-5-17/h6-7,12,14-17,28H,4-5,8-11,13H2,1-3H3. The van der Waals surface area contributed by atoms with E-state index >= 15 is 0 Å². The molecule has 0 bridgehead atoms. The van der Waals surface area contributed by atoms with Gasteiger partial charge in [-0.3, -0.25) is 4.90 Å². The summed E-state index contributed by atoms with van der Waals surface area (Å²) < 4.78 is 7.36. The number of ether oxygens (including phenoxy) is 1. The molecular formula is C25H31N7O. The van der Waals surface area contributed by atoms with Crippen LogP contribution in [0.5, 0.6) is 5.75 Å². The van der Waals surface area contributed by atoms with Gasteiger partial charge in [-0.1, -0.05) is 13.8 Å². The van der Waals surface area contributed by atoms with Crippen LogP contribution in [-0.2, 0) is 0 Å². The highest BCUT2D eigenvalue weighted by atomic mass is 16.5. The minimum Gasteiger partial charge on any atom is -0.493 e. The zero-order chi connectivity index (χ0) is 22.5. The summed E-state index contributed by atoms with van der Waals surface area (Å²) in [6.07, 6.45) is 6.39. The molecule has 1 aliphatic carbocycles. The fourth-order valence-corrected chi connectivity index (χ4v) is 5.05. The van der Waals surface area contributed by atoms with Crippen LogP contribution in [0.15, 0.2) is 30.7 Å². The molecule has 1 saturated heterocycles. The summed E-state index contributed by atoms with van der Waals surface area (Å²) in [5.41, 5.74) is 6.12. The molecule has 6 rings (SSSR count). The number of nitrogens with one attached hydrogen (secondary N) is 1. The van der Waals surface area contributed by atoms with Crippen molar-refractivity contribution in [2.45, 2.75) is 32.6 Å². The Balaban J connectivity index is 1.36. The molecule has 0 amide bonds. The third-order valence-electron chi connectivity index (χ3n) is 7.00. The molecular weight excluding hydrogens is 414 g/mol. The quantitative estimate of drug-likeness (QED) is 0.485. The largest absolute Gasteiger partial charge is 0.493 e. The number of pyridine rings is 2. The van der Waals surface area contributed by atoms with E-state index < -0.39 is 0 Å². The van der Waals surface area contributed by atoms with E-state index in [-0.39, 0.29) is 0 Å². The van der Waals surface area contributed by atoms with E-state index in [0.717, 1.165) is 60.2 Å². The molecule has 0 aromatic carbocycles. The molecule has 1 aliphatic heterocycles. The first-order chi connectivity index (χ1) is 16.1. The number of fused-ring (bicyclic) bond motifs is 2. The topological polar surface area (TPSA) is 74.6 Å². The van der Waals surface area contributed by atoms with Gasteiger partial charge in [0.05, 0.1) is 23.8 Å². The highest BCUT2D eigenvalue weighted by molar-refractivity contribution is 5.90. The van der Waals surface area contributed by atoms with Gasteiger partial charge in [-0.2, -0.15) is 5.10 Å². The normalized spacial score (nSPS) is 17.5. The molecule has 1 N–H and O–H groups in total. The number of hydrogen-bond donors (Lipinski definition) is 1. The Morgan fingerprint density at radius 1 is 1.15 bits per heavy atom. The summed E-state index contributed by atoms with van der Waals surface area (Å²) in [6, 6.07) is 6.36. The van der Waals surface area contributed by atoms with Crippen molar-refractivity contribution >= 4 is 22.5 Å². The van der Waals surface area contributed by atoms with Gasteiger partial charge in [0, 0.05) is 50.0 Å². The SMILES string of the molecule is COc1cc(-c2[nH]c3ccc(N4CCN(CC5CC5)CC4)nc3c2C(C)C)cn2ncnc12. The van der Waals surface area contributed by atoms with Crippen molar-refractivity contribution in [2.75, 3.05) is 44.7 Å². The van der Waals surface area contributed by atoms with Gasteiger partial charge in [0.1, 0.15) is 12.1 Å². The summed E-state index contributed by atoms with van der Waals surface area (Å²) in [5, 5.41) is 4.33. The summed E-state index contributed by atoms with van der Waals surface area (Å²) in [6.45, 7) is 10.1. The third-order valence-corrected chi connectivity index (χ3v) is 7.00. The van der Waals surface area contributed by atoms with E-state index in [1.54, 1.807) is 18.0 Å². The van der Waals surface area contributed by atoms with Gasteiger partial charge >= 0.3 is 0 Å². The minimum absolute atomic E-state index is 0.310. The van der Waals surface area contributed by atoms with Crippen molar-refractivity contribution in [3.8, 4) is 17.0 Å². The van der Waals surface area contributed by atoms with Gasteiger partial charge in [-0.05, 0) is 42.9 Å². The fraction of sp³-hybridized carbons (Fsp3) is 0.480. The zero-order valence-corrected chi connectivity index (χ0v) is 19.6. The molecule has 2 aliphatic rings. The van der Waals surface area contributed by atoms with E-state index in [1.165, 1.54) is 24.9 Å². The number of aromatic amines is 1. The van der Waals surface area contributed by atoms with Crippen LogP contribution in [0.2, 0.25) is 0 Å². The van der Waals surface area contributed by atoms with Gasteiger partial charge in [0.15, 0.2) is 11.4 Å². The number of rotatable bonds is 6. The highest BCUT2D eigenvalue weighted by Crippen LogP contribution is 2.37. The predicted molar refractivity (Wildman–Crippen MR) is 130 cm³/mol. The predicted octanol–water partition coefficient (Wildman–Crippen LogP) is 3.94. The molecule has 4 aromatic heterocycles. The lowest BCUT2D eigenvalue weighted by Gasteiger charge is -2.35. The van der Waals surface area contributed by atoms with Crippen LogP contribution in [-0.4, -0.2) is 69.3 Å². The first-order valence-corrected chi connectivity index (χ1v) is 12.0. The second-order valence-electron chi connectivity index (χ2n) is 9.69. The van der Waals surface area contributed by atoms with Crippen molar-refractivity contribution < 1.29 is 4.74 Å². The number of nitrogens with zero attached hydrogens (tertiary/aromatic N) is 6. The molecule has 8 heteroatoms. The summed E-state index contributed by atoms with van der Waals surface area (Å²) >= 11 is 0. The molecule has 8 nitrogen and oxygen atoms in total. The molecule has 1 saturated carbocycles. The number of aromatic nitrogens is 5. The molecule has 0 atom stereocenters. The maximum absolute atomic E-state index is 5.59. The maximum atomic E-state index is 5.59. The number of methoxy groups -OCH3 is 1. The summed E-state index contributed by atoms with van der Waals surface area (Å²) in [7, 11) is 1.67. The van der Waals surface area contributed by atoms with Crippen molar-refractivity contribution in [3.05, 3.63) is 36.3 Å². The van der Waals surface area contributed by atoms with Gasteiger partial charge in [0.2, 0.25) is 0 Å². The molecule has 33 heavy (non-hydrogen) atoms. The van der Waals surface area contributed by atoms with E-state index in [9.17, 15) is 0 Å². The Bertz CT molecular complexity index is 1300. The van der Waals surface area contributed by atoms with Crippen LogP contribution >= 0.6 is 0 Å². The second-order valence-corrected chi connectivity index (χ2v) is 9.69. The Hall–Kier alpha value is -3.13. The van der Waals surface area contributed by atoms with Gasteiger partial charge in [-0.15, -0.1) is 0 Å². The lowest BCUT2D eigenvalue weighted by molar-refractivity contribution is 0.247. The Kier molecular flexibility index (Phi) is 4.98. The fourth-order valence-electron chi connectivity index (χ4n) is 5.05. The first kappa shape index (κ1) is 20.5. The molecule has 5 heterocycles. The van der Waals surface area contributed by atoms with Crippen molar-refractivity contribution in [1.29, 1.82) is 0 Å². The van der Waals surface area contributed by atoms with Crippen molar-refractivity contribution in [2.24, 2.45) is 5.92 Å². The Labute approximate surface area is 193 Å². The number of hydrogen-bond acceptors (Lipinski definition) is 6. The molecule has 0 spiro atoms. The zero-order valence-electron chi connectivity index (χ0n) is 19.6. The van der Waals surface area contributed by atoms with Crippen LogP contribution in [0.1, 0.15) is 38.2 Å². The Morgan fingerprint density at radius 3 is 2.70 bits per heavy atom. The second kappa shape index (κ2) is 8.02. The minimum atomic E-state index is 0.310. The third kappa shape index (κ3) is 3.72. The van der Waals surface area contributed by atoms with E-state index in [1.807, 2.05) is 12.3 Å². The first-order valence-electron chi connectivity index (χ1n) is 12.0. The van der Waals surface area contributed by atoms with Gasteiger partial charge in [-0.25, -0.2) is 14.5 Å². The van der Waals surface area contributed by atoms with E-state index in [2.05, 4.69) is 50.8 Å². The summed E-state index contributed by atoms with van der Waals surface area (Å²) in [5.74, 6) is 3.04. The monoisotopic (exact) mass is 445 g/mol. The summed E-state index contributed by atoms with van der Waals surface area (Å²) in [4.78, 5) is 18.2. The molecule has 2 fully saturated rings. The van der Waals surface area contributed by atoms with Gasteiger partial charge < -0.3 is 14.6 Å². The molecule has 172 valence electrons. The molecule has 4 aromatic rings. The van der Waals surface area contributed by atoms with Crippen LogP contribution in [0.25, 0.3) is 27.9 Å². The molecule has 0 radical (unpaired) electrons. The highest BCUT2D eigenvalue weighted by Gasteiger charge is 2.27. The van der Waals surface area contributed by atoms with Crippen LogP contribution in [0.4, 0.5) is 5.82 Å². The van der Waals surface area contributed by atoms with E-state index in [0.29, 0.717) is 17.3 Å². The smallest absolute Gasteiger partial charge is 0.197 e. The number of piperazine rings is 1. The average Bonchev–Trinajstić information content (AvgIpc) is 3.36. The number of H-pyrrole nitrogens is 1. The van der Waals surface area contributed by atoms with Crippen molar-refractivity contribution in [3.63, 3.8) is 0 Å². The maximum Gasteiger partial charge on any atom is 0.197 e. The molecule has 0 unspecified atom stereocenters. The van der Waals surface area contributed by atoms with Crippen molar-refractivity contribution in [1.82, 2.24) is 29.5 Å². The number of anilines is 1. The van der Waals surface area contributed by atoms with Crippen LogP contribution in [0.3, 0.4) is 0 Å². The van der Waals surface area contributed by atoms with E-state index in [4.69, 9.17) is 9.72 Å². The lowest BCUT2D eigenvalue weighted by Crippen LogP contribution is -2.47. The van der Waals surface area contributed by atoms with Crippen LogP contribution < -0.4 is 9.64 Å². The van der Waals surface area contributed by atoms with Crippen LogP contribution in [0, 0.1) is 5.92 Å². The average molecular weight is 446 g/mol. The Morgan fingerprint density at radius 2 is 1.97 bits per heavy atom. The lowest BCUT2D eigenvalue weighted by atomic mass is 9.99.